The van der Waals surface area contributed by atoms with E-state index in [-0.39, 0.29) is 0 Å². The Hall–Kier alpha value is -1.45. The van der Waals surface area contributed by atoms with Crippen LogP contribution in [-0.4, -0.2) is 16.5 Å². The van der Waals surface area contributed by atoms with Gasteiger partial charge in [-0.1, -0.05) is 25.4 Å². The molecule has 4 heteroatoms. The predicted molar refractivity (Wildman–Crippen MR) is 79.0 cm³/mol. The molecule has 0 unspecified atom stereocenters. The lowest BCUT2D eigenvalue weighted by Crippen LogP contribution is -2.19. The van der Waals surface area contributed by atoms with Gasteiger partial charge in [0.1, 0.15) is 0 Å². The minimum atomic E-state index is 0.647. The molecule has 0 atom stereocenters. The maximum absolute atomic E-state index is 5.86. The molecule has 2 rings (SSSR count). The van der Waals surface area contributed by atoms with E-state index in [2.05, 4.69) is 29.1 Å². The molecule has 0 aliphatic carbocycles. The third-order valence-corrected chi connectivity index (χ3v) is 2.94. The van der Waals surface area contributed by atoms with Crippen molar-refractivity contribution < 1.29 is 0 Å². The van der Waals surface area contributed by atoms with Crippen molar-refractivity contribution in [1.82, 2.24) is 15.3 Å². The molecule has 0 aliphatic rings. The molecule has 0 radical (unpaired) electrons. The first kappa shape index (κ1) is 14.0. The summed E-state index contributed by atoms with van der Waals surface area (Å²) in [5.41, 5.74) is 2.07. The van der Waals surface area contributed by atoms with E-state index >= 15 is 0 Å². The lowest BCUT2D eigenvalue weighted by Gasteiger charge is -2.07. The minimum Gasteiger partial charge on any atom is -0.312 e. The lowest BCUT2D eigenvalue weighted by atomic mass is 10.2. The topological polar surface area (TPSA) is 37.8 Å². The zero-order valence-electron chi connectivity index (χ0n) is 11.2. The molecule has 3 nitrogen and oxygen atoms in total. The molecule has 0 amide bonds. The number of nitrogens with one attached hydrogen (secondary N) is 1. The second kappa shape index (κ2) is 6.64. The number of hydrogen-bond acceptors (Lipinski definition) is 3. The largest absolute Gasteiger partial charge is 0.312 e. The van der Waals surface area contributed by atoms with Crippen LogP contribution in [0.15, 0.2) is 36.7 Å². The van der Waals surface area contributed by atoms with Crippen molar-refractivity contribution in [3.8, 4) is 11.4 Å². The zero-order valence-corrected chi connectivity index (χ0v) is 12.0. The van der Waals surface area contributed by atoms with Crippen LogP contribution in [0.1, 0.15) is 19.4 Å². The van der Waals surface area contributed by atoms with Gasteiger partial charge in [0, 0.05) is 35.1 Å². The number of hydrogen-bond donors (Lipinski definition) is 1. The number of benzene rings is 1. The summed E-state index contributed by atoms with van der Waals surface area (Å²) in [7, 11) is 0. The summed E-state index contributed by atoms with van der Waals surface area (Å²) in [4.78, 5) is 8.76. The fourth-order valence-corrected chi connectivity index (χ4v) is 1.83. The van der Waals surface area contributed by atoms with Crippen LogP contribution in [0.25, 0.3) is 11.4 Å². The Morgan fingerprint density at radius 3 is 2.32 bits per heavy atom. The average molecular weight is 276 g/mol. The molecule has 1 aromatic carbocycles. The van der Waals surface area contributed by atoms with Gasteiger partial charge in [0.25, 0.3) is 0 Å². The standard InChI is InChI=1S/C15H18ClN3/c1-11(2)7-17-8-12-9-18-15(19-10-12)13-3-5-14(16)6-4-13/h3-6,9-11,17H,7-8H2,1-2H3. The first-order chi connectivity index (χ1) is 9.15. The summed E-state index contributed by atoms with van der Waals surface area (Å²) in [5, 5.41) is 4.09. The number of nitrogens with zero attached hydrogens (tertiary/aromatic N) is 2. The van der Waals surface area contributed by atoms with Gasteiger partial charge in [0.15, 0.2) is 5.82 Å². The van der Waals surface area contributed by atoms with Crippen LogP contribution in [0.4, 0.5) is 0 Å². The van der Waals surface area contributed by atoms with Gasteiger partial charge in [0.2, 0.25) is 0 Å². The predicted octanol–water partition coefficient (Wildman–Crippen LogP) is 3.54. The van der Waals surface area contributed by atoms with Crippen molar-refractivity contribution in [3.05, 3.63) is 47.2 Å². The first-order valence-corrected chi connectivity index (χ1v) is 6.80. The minimum absolute atomic E-state index is 0.647. The normalized spacial score (nSPS) is 10.9. The van der Waals surface area contributed by atoms with Gasteiger partial charge < -0.3 is 5.32 Å². The molecular weight excluding hydrogens is 258 g/mol. The molecule has 2 aromatic rings. The van der Waals surface area contributed by atoms with Crippen molar-refractivity contribution in [2.75, 3.05) is 6.54 Å². The lowest BCUT2D eigenvalue weighted by molar-refractivity contribution is 0.551. The van der Waals surface area contributed by atoms with Crippen LogP contribution in [-0.2, 0) is 6.54 Å². The van der Waals surface area contributed by atoms with Crippen molar-refractivity contribution in [1.29, 1.82) is 0 Å². The Labute approximate surface area is 119 Å². The molecule has 19 heavy (non-hydrogen) atoms. The molecule has 0 aliphatic heterocycles. The highest BCUT2D eigenvalue weighted by Crippen LogP contribution is 2.17. The fraction of sp³-hybridized carbons (Fsp3) is 0.333. The third-order valence-electron chi connectivity index (χ3n) is 2.69. The van der Waals surface area contributed by atoms with Gasteiger partial charge in [-0.2, -0.15) is 0 Å². The molecule has 0 bridgehead atoms. The van der Waals surface area contributed by atoms with Crippen LogP contribution >= 0.6 is 11.6 Å². The maximum atomic E-state index is 5.86. The van der Waals surface area contributed by atoms with E-state index in [4.69, 9.17) is 11.6 Å². The van der Waals surface area contributed by atoms with E-state index in [1.165, 1.54) is 0 Å². The summed E-state index contributed by atoms with van der Waals surface area (Å²) in [6.07, 6.45) is 3.73. The second-order valence-corrected chi connectivity index (χ2v) is 5.38. The van der Waals surface area contributed by atoms with Crippen molar-refractivity contribution >= 4 is 11.6 Å². The molecule has 0 spiro atoms. The number of rotatable bonds is 5. The van der Waals surface area contributed by atoms with Gasteiger partial charge in [-0.15, -0.1) is 0 Å². The van der Waals surface area contributed by atoms with E-state index in [1.807, 2.05) is 36.7 Å². The highest BCUT2D eigenvalue weighted by molar-refractivity contribution is 6.30. The quantitative estimate of drug-likeness (QED) is 0.907. The Morgan fingerprint density at radius 1 is 1.11 bits per heavy atom. The van der Waals surface area contributed by atoms with E-state index in [0.717, 1.165) is 35.1 Å². The van der Waals surface area contributed by atoms with Gasteiger partial charge in [-0.05, 0) is 36.7 Å². The zero-order chi connectivity index (χ0) is 13.7. The summed E-state index contributed by atoms with van der Waals surface area (Å²) in [5.74, 6) is 1.37. The Bertz CT molecular complexity index is 506. The summed E-state index contributed by atoms with van der Waals surface area (Å²) >= 11 is 5.86. The van der Waals surface area contributed by atoms with Crippen LogP contribution in [0.5, 0.6) is 0 Å². The average Bonchev–Trinajstić information content (AvgIpc) is 2.40. The highest BCUT2D eigenvalue weighted by Gasteiger charge is 2.01. The number of halogens is 1. The SMILES string of the molecule is CC(C)CNCc1cnc(-c2ccc(Cl)cc2)nc1. The molecule has 0 fully saturated rings. The number of aromatic nitrogens is 2. The third kappa shape index (κ3) is 4.30. The van der Waals surface area contributed by atoms with Gasteiger partial charge >= 0.3 is 0 Å². The molecular formula is C15H18ClN3. The Balaban J connectivity index is 2.00. The fourth-order valence-electron chi connectivity index (χ4n) is 1.70. The van der Waals surface area contributed by atoms with Crippen LogP contribution in [0.3, 0.4) is 0 Å². The van der Waals surface area contributed by atoms with Crippen LogP contribution in [0.2, 0.25) is 5.02 Å². The van der Waals surface area contributed by atoms with E-state index in [0.29, 0.717) is 5.92 Å². The van der Waals surface area contributed by atoms with Crippen LogP contribution < -0.4 is 5.32 Å². The van der Waals surface area contributed by atoms with Crippen molar-refractivity contribution in [2.45, 2.75) is 20.4 Å². The second-order valence-electron chi connectivity index (χ2n) is 4.95. The summed E-state index contributed by atoms with van der Waals surface area (Å²) < 4.78 is 0. The van der Waals surface area contributed by atoms with E-state index in [9.17, 15) is 0 Å². The van der Waals surface area contributed by atoms with E-state index in [1.54, 1.807) is 0 Å². The summed E-state index contributed by atoms with van der Waals surface area (Å²) in [6, 6.07) is 7.54. The highest BCUT2D eigenvalue weighted by atomic mass is 35.5. The van der Waals surface area contributed by atoms with Crippen molar-refractivity contribution in [2.24, 2.45) is 5.92 Å². The van der Waals surface area contributed by atoms with E-state index < -0.39 is 0 Å². The summed E-state index contributed by atoms with van der Waals surface area (Å²) in [6.45, 7) is 6.18. The maximum Gasteiger partial charge on any atom is 0.159 e. The Kier molecular flexibility index (Phi) is 4.88. The van der Waals surface area contributed by atoms with Gasteiger partial charge in [0.05, 0.1) is 0 Å². The molecule has 0 saturated heterocycles. The molecule has 0 saturated carbocycles. The first-order valence-electron chi connectivity index (χ1n) is 6.42. The van der Waals surface area contributed by atoms with Gasteiger partial charge in [-0.25, -0.2) is 9.97 Å². The van der Waals surface area contributed by atoms with Crippen LogP contribution in [0, 0.1) is 5.92 Å². The Morgan fingerprint density at radius 2 is 1.74 bits per heavy atom. The molecule has 1 heterocycles. The molecule has 100 valence electrons. The van der Waals surface area contributed by atoms with Gasteiger partial charge in [-0.3, -0.25) is 0 Å². The monoisotopic (exact) mass is 275 g/mol. The molecule has 1 aromatic heterocycles. The molecule has 1 N–H and O–H groups in total. The smallest absolute Gasteiger partial charge is 0.159 e. The van der Waals surface area contributed by atoms with Crippen molar-refractivity contribution in [3.63, 3.8) is 0 Å².